The first-order chi connectivity index (χ1) is 15.8. The van der Waals surface area contributed by atoms with Crippen molar-refractivity contribution in [2.45, 2.75) is 39.8 Å². The van der Waals surface area contributed by atoms with Crippen LogP contribution in [0.15, 0.2) is 54.7 Å². The fourth-order valence-corrected chi connectivity index (χ4v) is 3.56. The van der Waals surface area contributed by atoms with Crippen molar-refractivity contribution in [2.24, 2.45) is 0 Å². The summed E-state index contributed by atoms with van der Waals surface area (Å²) in [5.74, 6) is 0.302. The van der Waals surface area contributed by atoms with Crippen molar-refractivity contribution >= 4 is 5.91 Å². The minimum atomic E-state index is -0.236. The molecule has 0 bridgehead atoms. The van der Waals surface area contributed by atoms with Gasteiger partial charge in [-0.05, 0) is 80.3 Å². The molecule has 2 atom stereocenters. The monoisotopic (exact) mass is 443 g/mol. The molecule has 3 rings (SSSR count). The van der Waals surface area contributed by atoms with E-state index in [2.05, 4.69) is 16.4 Å². The van der Waals surface area contributed by atoms with Gasteiger partial charge in [0, 0.05) is 24.6 Å². The summed E-state index contributed by atoms with van der Waals surface area (Å²) in [4.78, 5) is 17.5. The van der Waals surface area contributed by atoms with E-state index in [9.17, 15) is 10.1 Å². The number of amides is 1. The van der Waals surface area contributed by atoms with Crippen LogP contribution in [0.4, 0.5) is 0 Å². The average Bonchev–Trinajstić information content (AvgIpc) is 2.79. The topological polar surface area (TPSA) is 84.2 Å². The SMILES string of the molecule is COCC(C)Oc1cc(C(=O)N[C@H](C)c2ccc(C)nc2)cc(-c2ccc(C)cc2C#N)c1. The summed E-state index contributed by atoms with van der Waals surface area (Å²) in [6.07, 6.45) is 1.57. The van der Waals surface area contributed by atoms with Crippen LogP contribution in [0.5, 0.6) is 5.75 Å². The van der Waals surface area contributed by atoms with Crippen LogP contribution in [-0.2, 0) is 4.74 Å². The van der Waals surface area contributed by atoms with Crippen LogP contribution in [0.1, 0.15) is 52.6 Å². The number of hydrogen-bond acceptors (Lipinski definition) is 5. The molecule has 2 aromatic carbocycles. The zero-order valence-electron chi connectivity index (χ0n) is 19.7. The van der Waals surface area contributed by atoms with Gasteiger partial charge in [0.05, 0.1) is 24.3 Å². The predicted octanol–water partition coefficient (Wildman–Crippen LogP) is 5.14. The van der Waals surface area contributed by atoms with Crippen LogP contribution in [0.2, 0.25) is 0 Å². The molecule has 1 heterocycles. The Hall–Kier alpha value is -3.69. The van der Waals surface area contributed by atoms with Gasteiger partial charge in [-0.2, -0.15) is 5.26 Å². The molecule has 0 fully saturated rings. The van der Waals surface area contributed by atoms with Gasteiger partial charge >= 0.3 is 0 Å². The van der Waals surface area contributed by atoms with Gasteiger partial charge in [-0.1, -0.05) is 18.2 Å². The van der Waals surface area contributed by atoms with E-state index in [1.54, 1.807) is 25.4 Å². The molecule has 0 aliphatic heterocycles. The molecule has 0 aliphatic rings. The molecular weight excluding hydrogens is 414 g/mol. The average molecular weight is 444 g/mol. The Balaban J connectivity index is 1.97. The molecule has 0 radical (unpaired) electrons. The number of ether oxygens (including phenoxy) is 2. The predicted molar refractivity (Wildman–Crippen MR) is 128 cm³/mol. The number of pyridine rings is 1. The number of aryl methyl sites for hydroxylation is 2. The lowest BCUT2D eigenvalue weighted by molar-refractivity contribution is 0.0908. The number of methoxy groups -OCH3 is 1. The zero-order chi connectivity index (χ0) is 24.0. The van der Waals surface area contributed by atoms with Gasteiger partial charge in [-0.25, -0.2) is 0 Å². The number of carbonyl (C=O) groups is 1. The van der Waals surface area contributed by atoms with Gasteiger partial charge < -0.3 is 14.8 Å². The largest absolute Gasteiger partial charge is 0.488 e. The van der Waals surface area contributed by atoms with E-state index in [1.807, 2.05) is 64.1 Å². The molecule has 0 aliphatic carbocycles. The maximum Gasteiger partial charge on any atom is 0.251 e. The first kappa shape index (κ1) is 24.0. The van der Waals surface area contributed by atoms with Gasteiger partial charge in [0.25, 0.3) is 5.91 Å². The van der Waals surface area contributed by atoms with Crippen LogP contribution < -0.4 is 10.1 Å². The fraction of sp³-hybridized carbons (Fsp3) is 0.296. The number of carbonyl (C=O) groups excluding carboxylic acids is 1. The van der Waals surface area contributed by atoms with E-state index in [0.717, 1.165) is 27.9 Å². The number of nitriles is 1. The molecule has 1 unspecified atom stereocenters. The smallest absolute Gasteiger partial charge is 0.251 e. The molecule has 6 heteroatoms. The van der Waals surface area contributed by atoms with Crippen molar-refractivity contribution in [3.05, 3.63) is 82.7 Å². The highest BCUT2D eigenvalue weighted by atomic mass is 16.5. The molecule has 1 aromatic heterocycles. The van der Waals surface area contributed by atoms with E-state index >= 15 is 0 Å². The lowest BCUT2D eigenvalue weighted by atomic mass is 9.96. The summed E-state index contributed by atoms with van der Waals surface area (Å²) in [6, 6.07) is 16.9. The Labute approximate surface area is 195 Å². The van der Waals surface area contributed by atoms with Gasteiger partial charge in [-0.15, -0.1) is 0 Å². The molecule has 0 saturated carbocycles. The molecule has 0 saturated heterocycles. The second-order valence-electron chi connectivity index (χ2n) is 8.22. The highest BCUT2D eigenvalue weighted by Crippen LogP contribution is 2.30. The van der Waals surface area contributed by atoms with Crippen LogP contribution >= 0.6 is 0 Å². The summed E-state index contributed by atoms with van der Waals surface area (Å²) >= 11 is 0. The van der Waals surface area contributed by atoms with Crippen molar-refractivity contribution in [2.75, 3.05) is 13.7 Å². The number of aromatic nitrogens is 1. The Kier molecular flexibility index (Phi) is 7.81. The van der Waals surface area contributed by atoms with E-state index in [4.69, 9.17) is 9.47 Å². The third-order valence-corrected chi connectivity index (χ3v) is 5.30. The van der Waals surface area contributed by atoms with Gasteiger partial charge in [0.1, 0.15) is 11.9 Å². The quantitative estimate of drug-likeness (QED) is 0.521. The lowest BCUT2D eigenvalue weighted by Crippen LogP contribution is -2.27. The molecule has 33 heavy (non-hydrogen) atoms. The van der Waals surface area contributed by atoms with Crippen molar-refractivity contribution in [3.8, 4) is 22.9 Å². The van der Waals surface area contributed by atoms with Crippen LogP contribution in [0, 0.1) is 25.2 Å². The number of rotatable bonds is 8. The van der Waals surface area contributed by atoms with E-state index in [0.29, 0.717) is 23.5 Å². The molecule has 170 valence electrons. The van der Waals surface area contributed by atoms with Gasteiger partial charge in [0.15, 0.2) is 0 Å². The minimum Gasteiger partial charge on any atom is -0.488 e. The second-order valence-corrected chi connectivity index (χ2v) is 8.22. The van der Waals surface area contributed by atoms with Crippen LogP contribution in [-0.4, -0.2) is 30.7 Å². The van der Waals surface area contributed by atoms with E-state index in [-0.39, 0.29) is 18.1 Å². The van der Waals surface area contributed by atoms with Gasteiger partial charge in [0.2, 0.25) is 0 Å². The number of hydrogen-bond donors (Lipinski definition) is 1. The van der Waals surface area contributed by atoms with Crippen molar-refractivity contribution in [3.63, 3.8) is 0 Å². The lowest BCUT2D eigenvalue weighted by Gasteiger charge is -2.18. The third kappa shape index (κ3) is 6.18. The summed E-state index contributed by atoms with van der Waals surface area (Å²) in [5.41, 5.74) is 5.31. The van der Waals surface area contributed by atoms with Crippen LogP contribution in [0.25, 0.3) is 11.1 Å². The Morgan fingerprint density at radius 1 is 1.12 bits per heavy atom. The Morgan fingerprint density at radius 2 is 1.91 bits per heavy atom. The molecule has 0 spiro atoms. The normalized spacial score (nSPS) is 12.5. The Bertz CT molecular complexity index is 1170. The second kappa shape index (κ2) is 10.8. The summed E-state index contributed by atoms with van der Waals surface area (Å²) in [5, 5.41) is 12.7. The highest BCUT2D eigenvalue weighted by molar-refractivity contribution is 5.96. The first-order valence-electron chi connectivity index (χ1n) is 10.9. The van der Waals surface area contributed by atoms with E-state index < -0.39 is 0 Å². The molecule has 1 amide bonds. The molecular formula is C27H29N3O3. The van der Waals surface area contributed by atoms with Crippen molar-refractivity contribution < 1.29 is 14.3 Å². The fourth-order valence-electron chi connectivity index (χ4n) is 3.56. The number of nitrogens with one attached hydrogen (secondary N) is 1. The molecule has 3 aromatic rings. The number of benzene rings is 2. The summed E-state index contributed by atoms with van der Waals surface area (Å²) < 4.78 is 11.2. The van der Waals surface area contributed by atoms with Gasteiger partial charge in [-0.3, -0.25) is 9.78 Å². The van der Waals surface area contributed by atoms with Crippen molar-refractivity contribution in [1.82, 2.24) is 10.3 Å². The minimum absolute atomic E-state index is 0.202. The standard InChI is InChI=1S/C27H29N3O3/c1-17-6-9-26(24(10-17)14-28)22-11-23(13-25(12-22)33-19(3)16-32-5)27(31)30-20(4)21-8-7-18(2)29-15-21/h6-13,15,19-20H,16H2,1-5H3,(H,30,31)/t19?,20-/m1/s1. The molecule has 1 N–H and O–H groups in total. The highest BCUT2D eigenvalue weighted by Gasteiger charge is 2.17. The van der Waals surface area contributed by atoms with Crippen molar-refractivity contribution in [1.29, 1.82) is 5.26 Å². The summed E-state index contributed by atoms with van der Waals surface area (Å²) in [7, 11) is 1.61. The third-order valence-electron chi connectivity index (χ3n) is 5.30. The zero-order valence-corrected chi connectivity index (χ0v) is 19.7. The first-order valence-corrected chi connectivity index (χ1v) is 10.9. The molecule has 6 nitrogen and oxygen atoms in total. The number of nitrogens with zero attached hydrogens (tertiary/aromatic N) is 2. The Morgan fingerprint density at radius 3 is 2.58 bits per heavy atom. The maximum absolute atomic E-state index is 13.2. The summed E-state index contributed by atoms with van der Waals surface area (Å²) in [6.45, 7) is 8.09. The van der Waals surface area contributed by atoms with E-state index in [1.165, 1.54) is 0 Å². The van der Waals surface area contributed by atoms with Crippen LogP contribution in [0.3, 0.4) is 0 Å². The maximum atomic E-state index is 13.2.